The van der Waals surface area contributed by atoms with Gasteiger partial charge in [0.05, 0.1) is 31.0 Å². The van der Waals surface area contributed by atoms with Crippen molar-refractivity contribution in [2.45, 2.75) is 45.6 Å². The van der Waals surface area contributed by atoms with Gasteiger partial charge in [-0.2, -0.15) is 5.10 Å². The highest BCUT2D eigenvalue weighted by molar-refractivity contribution is 7.09. The zero-order valence-electron chi connectivity index (χ0n) is 16.1. The summed E-state index contributed by atoms with van der Waals surface area (Å²) < 4.78 is 1.67. The molecule has 0 spiro atoms. The first-order valence-corrected chi connectivity index (χ1v) is 9.96. The average Bonchev–Trinajstić information content (AvgIpc) is 3.20. The van der Waals surface area contributed by atoms with Crippen LogP contribution >= 0.6 is 11.3 Å². The SMILES string of the molecule is Cc1csc(CC(=O)c2nn(CCO)c3c2C(C)(C)Cc2cnc(N)nc2-3)n1. The molecule has 28 heavy (non-hydrogen) atoms. The molecule has 9 heteroatoms. The van der Waals surface area contributed by atoms with Gasteiger partial charge in [-0.1, -0.05) is 13.8 Å². The van der Waals surface area contributed by atoms with E-state index < -0.39 is 0 Å². The van der Waals surface area contributed by atoms with Crippen LogP contribution in [0.1, 0.15) is 46.2 Å². The van der Waals surface area contributed by atoms with Gasteiger partial charge in [-0.05, 0) is 24.3 Å². The summed E-state index contributed by atoms with van der Waals surface area (Å²) >= 11 is 1.47. The summed E-state index contributed by atoms with van der Waals surface area (Å²) in [7, 11) is 0. The Hall–Kier alpha value is -2.65. The molecule has 1 aliphatic carbocycles. The highest BCUT2D eigenvalue weighted by atomic mass is 32.1. The molecule has 3 heterocycles. The molecule has 0 saturated carbocycles. The fraction of sp³-hybridized carbons (Fsp3) is 0.421. The molecule has 4 rings (SSSR count). The van der Waals surface area contributed by atoms with E-state index in [2.05, 4.69) is 33.9 Å². The summed E-state index contributed by atoms with van der Waals surface area (Å²) in [5, 5.41) is 16.8. The molecule has 0 amide bonds. The molecule has 0 bridgehead atoms. The maximum Gasteiger partial charge on any atom is 0.220 e. The second-order valence-electron chi connectivity index (χ2n) is 7.66. The minimum Gasteiger partial charge on any atom is -0.394 e. The Morgan fingerprint density at radius 3 is 2.86 bits per heavy atom. The average molecular weight is 398 g/mol. The molecular formula is C19H22N6O2S. The molecular weight excluding hydrogens is 376 g/mol. The molecule has 0 atom stereocenters. The molecule has 0 fully saturated rings. The first-order valence-electron chi connectivity index (χ1n) is 9.08. The van der Waals surface area contributed by atoms with Gasteiger partial charge in [0.15, 0.2) is 5.78 Å². The van der Waals surface area contributed by atoms with E-state index in [9.17, 15) is 9.90 Å². The quantitative estimate of drug-likeness (QED) is 0.630. The van der Waals surface area contributed by atoms with Crippen LogP contribution in [-0.4, -0.2) is 42.2 Å². The highest BCUT2D eigenvalue weighted by Crippen LogP contribution is 2.44. The van der Waals surface area contributed by atoms with Gasteiger partial charge in [-0.3, -0.25) is 9.48 Å². The smallest absolute Gasteiger partial charge is 0.220 e. The van der Waals surface area contributed by atoms with Gasteiger partial charge in [0, 0.05) is 22.8 Å². The van der Waals surface area contributed by atoms with E-state index in [1.54, 1.807) is 10.9 Å². The predicted molar refractivity (Wildman–Crippen MR) is 106 cm³/mol. The summed E-state index contributed by atoms with van der Waals surface area (Å²) in [6.07, 6.45) is 2.62. The number of ketones is 1. The maximum absolute atomic E-state index is 13.2. The molecule has 3 aromatic heterocycles. The molecule has 1 aliphatic rings. The number of carbonyl (C=O) groups excluding carboxylic acids is 1. The summed E-state index contributed by atoms with van der Waals surface area (Å²) in [4.78, 5) is 26.1. The summed E-state index contributed by atoms with van der Waals surface area (Å²) in [6, 6.07) is 0. The van der Waals surface area contributed by atoms with Crippen molar-refractivity contribution in [3.05, 3.63) is 39.1 Å². The normalized spacial score (nSPS) is 14.6. The number of anilines is 1. The molecule has 3 N–H and O–H groups in total. The Morgan fingerprint density at radius 1 is 1.39 bits per heavy atom. The van der Waals surface area contributed by atoms with Crippen LogP contribution in [0.2, 0.25) is 0 Å². The molecule has 0 aliphatic heterocycles. The summed E-state index contributed by atoms with van der Waals surface area (Å²) in [6.45, 7) is 6.25. The van der Waals surface area contributed by atoms with E-state index in [0.717, 1.165) is 27.5 Å². The number of Topliss-reactive ketones (excluding diaryl/α,β-unsaturated/α-hetero) is 1. The van der Waals surface area contributed by atoms with Gasteiger partial charge in [0.2, 0.25) is 5.95 Å². The number of hydrogen-bond donors (Lipinski definition) is 2. The van der Waals surface area contributed by atoms with Crippen molar-refractivity contribution in [1.82, 2.24) is 24.7 Å². The minimum absolute atomic E-state index is 0.0826. The summed E-state index contributed by atoms with van der Waals surface area (Å²) in [5.74, 6) is 0.0909. The van der Waals surface area contributed by atoms with Gasteiger partial charge in [-0.15, -0.1) is 11.3 Å². The fourth-order valence-corrected chi connectivity index (χ4v) is 4.59. The van der Waals surface area contributed by atoms with Crippen LogP contribution < -0.4 is 5.73 Å². The Balaban J connectivity index is 1.88. The van der Waals surface area contributed by atoms with Crippen molar-refractivity contribution >= 4 is 23.1 Å². The number of aromatic nitrogens is 5. The van der Waals surface area contributed by atoms with Gasteiger partial charge in [0.1, 0.15) is 10.7 Å². The minimum atomic E-state index is -0.334. The third-order valence-electron chi connectivity index (χ3n) is 4.92. The van der Waals surface area contributed by atoms with Crippen LogP contribution in [-0.2, 0) is 24.8 Å². The standard InChI is InChI=1S/C19H22N6O2S/c1-10-9-28-13(22-10)6-12(27)16-14-17(25(24-16)4-5-26)15-11(7-19(14,2)3)8-21-18(20)23-15/h8-9,26H,4-7H2,1-3H3,(H2,20,21,23). The van der Waals surface area contributed by atoms with Crippen molar-refractivity contribution in [2.24, 2.45) is 0 Å². The van der Waals surface area contributed by atoms with Gasteiger partial charge in [0.25, 0.3) is 0 Å². The fourth-order valence-electron chi connectivity index (χ4n) is 3.82. The molecule has 0 radical (unpaired) electrons. The number of carbonyl (C=O) groups is 1. The van der Waals surface area contributed by atoms with Gasteiger partial charge >= 0.3 is 0 Å². The monoisotopic (exact) mass is 398 g/mol. The van der Waals surface area contributed by atoms with Crippen molar-refractivity contribution < 1.29 is 9.90 Å². The van der Waals surface area contributed by atoms with Crippen LogP contribution in [0.15, 0.2) is 11.6 Å². The van der Waals surface area contributed by atoms with E-state index in [1.807, 2.05) is 12.3 Å². The number of fused-ring (bicyclic) bond motifs is 3. The van der Waals surface area contributed by atoms with E-state index >= 15 is 0 Å². The van der Waals surface area contributed by atoms with Gasteiger partial charge < -0.3 is 10.8 Å². The Bertz CT molecular complexity index is 1070. The number of nitrogens with zero attached hydrogens (tertiary/aromatic N) is 5. The second kappa shape index (κ2) is 6.75. The zero-order valence-corrected chi connectivity index (χ0v) is 16.9. The van der Waals surface area contributed by atoms with E-state index in [0.29, 0.717) is 17.8 Å². The number of nitrogens with two attached hydrogens (primary N) is 1. The molecule has 0 unspecified atom stereocenters. The number of hydrogen-bond acceptors (Lipinski definition) is 8. The van der Waals surface area contributed by atoms with Crippen molar-refractivity contribution in [1.29, 1.82) is 0 Å². The van der Waals surface area contributed by atoms with Crippen molar-refractivity contribution in [3.63, 3.8) is 0 Å². The van der Waals surface area contributed by atoms with Crippen LogP contribution in [0.4, 0.5) is 5.95 Å². The Morgan fingerprint density at radius 2 is 2.18 bits per heavy atom. The number of rotatable bonds is 5. The maximum atomic E-state index is 13.2. The lowest BCUT2D eigenvalue weighted by atomic mass is 9.72. The van der Waals surface area contributed by atoms with Crippen LogP contribution in [0.25, 0.3) is 11.4 Å². The van der Waals surface area contributed by atoms with E-state index in [4.69, 9.17) is 5.73 Å². The lowest BCUT2D eigenvalue weighted by Crippen LogP contribution is -2.28. The zero-order chi connectivity index (χ0) is 20.1. The lowest BCUT2D eigenvalue weighted by Gasteiger charge is -2.31. The van der Waals surface area contributed by atoms with Crippen molar-refractivity contribution in [2.75, 3.05) is 12.3 Å². The molecule has 8 nitrogen and oxygen atoms in total. The number of nitrogen functional groups attached to an aromatic ring is 1. The Labute approximate surface area is 166 Å². The topological polar surface area (TPSA) is 120 Å². The van der Waals surface area contributed by atoms with Crippen LogP contribution in [0.3, 0.4) is 0 Å². The van der Waals surface area contributed by atoms with Crippen molar-refractivity contribution in [3.8, 4) is 11.4 Å². The number of aliphatic hydroxyl groups excluding tert-OH is 1. The first kappa shape index (κ1) is 18.7. The van der Waals surface area contributed by atoms with Gasteiger partial charge in [-0.25, -0.2) is 15.0 Å². The summed E-state index contributed by atoms with van der Waals surface area (Å²) in [5.41, 5.74) is 10.1. The molecule has 0 aromatic carbocycles. The lowest BCUT2D eigenvalue weighted by molar-refractivity contribution is 0.0984. The van der Waals surface area contributed by atoms with Crippen LogP contribution in [0.5, 0.6) is 0 Å². The highest BCUT2D eigenvalue weighted by Gasteiger charge is 2.40. The number of aryl methyl sites for hydroxylation is 1. The second-order valence-corrected chi connectivity index (χ2v) is 8.61. The van der Waals surface area contributed by atoms with E-state index in [-0.39, 0.29) is 36.7 Å². The molecule has 3 aromatic rings. The van der Waals surface area contributed by atoms with E-state index in [1.165, 1.54) is 11.3 Å². The third-order valence-corrected chi connectivity index (χ3v) is 5.89. The third kappa shape index (κ3) is 3.10. The number of thiazole rings is 1. The largest absolute Gasteiger partial charge is 0.394 e. The Kier molecular flexibility index (Phi) is 4.51. The molecule has 0 saturated heterocycles. The molecule has 146 valence electrons. The first-order chi connectivity index (χ1) is 13.3. The van der Waals surface area contributed by atoms with Crippen LogP contribution in [0, 0.1) is 6.92 Å². The number of aliphatic hydroxyl groups is 1. The predicted octanol–water partition coefficient (Wildman–Crippen LogP) is 1.94.